The van der Waals surface area contributed by atoms with E-state index in [9.17, 15) is 4.79 Å². The van der Waals surface area contributed by atoms with Gasteiger partial charge in [-0.25, -0.2) is 0 Å². The molecule has 1 amide bonds. The van der Waals surface area contributed by atoms with Gasteiger partial charge in [-0.3, -0.25) is 9.69 Å². The lowest BCUT2D eigenvalue weighted by atomic mass is 9.95. The first kappa shape index (κ1) is 13.5. The van der Waals surface area contributed by atoms with E-state index in [0.29, 0.717) is 12.5 Å². The van der Waals surface area contributed by atoms with Crippen molar-refractivity contribution in [2.75, 3.05) is 32.8 Å². The maximum atomic E-state index is 11.5. The van der Waals surface area contributed by atoms with Crippen LogP contribution in [-0.4, -0.2) is 48.7 Å². The van der Waals surface area contributed by atoms with Gasteiger partial charge >= 0.3 is 0 Å². The van der Waals surface area contributed by atoms with Crippen molar-refractivity contribution < 1.29 is 9.90 Å². The first-order valence-corrected chi connectivity index (χ1v) is 6.36. The quantitative estimate of drug-likeness (QED) is 0.700. The molecule has 1 saturated heterocycles. The monoisotopic (exact) mass is 228 g/mol. The second-order valence-electron chi connectivity index (χ2n) is 4.61. The minimum absolute atomic E-state index is 0.131. The Morgan fingerprint density at radius 2 is 2.38 bits per heavy atom. The smallest absolute Gasteiger partial charge is 0.234 e. The maximum absolute atomic E-state index is 11.5. The number of carbonyl (C=O) groups is 1. The van der Waals surface area contributed by atoms with Crippen LogP contribution in [0, 0.1) is 5.92 Å². The largest absolute Gasteiger partial charge is 0.396 e. The molecule has 0 aromatic carbocycles. The Morgan fingerprint density at radius 3 is 3.06 bits per heavy atom. The molecular formula is C12H24N2O2. The molecule has 4 heteroatoms. The zero-order valence-electron chi connectivity index (χ0n) is 10.2. The lowest BCUT2D eigenvalue weighted by Gasteiger charge is -2.31. The third-order valence-electron chi connectivity index (χ3n) is 3.08. The van der Waals surface area contributed by atoms with Crippen LogP contribution in [0.25, 0.3) is 0 Å². The Balaban J connectivity index is 2.22. The Morgan fingerprint density at radius 1 is 1.56 bits per heavy atom. The Labute approximate surface area is 98.0 Å². The second-order valence-corrected chi connectivity index (χ2v) is 4.61. The zero-order chi connectivity index (χ0) is 11.8. The van der Waals surface area contributed by atoms with Crippen molar-refractivity contribution in [1.29, 1.82) is 0 Å². The number of likely N-dealkylation sites (tertiary alicyclic amines) is 1. The number of piperidine rings is 1. The molecule has 1 rings (SSSR count). The van der Waals surface area contributed by atoms with Gasteiger partial charge in [0.15, 0.2) is 0 Å². The number of carbonyl (C=O) groups excluding carboxylic acids is 1. The lowest BCUT2D eigenvalue weighted by Crippen LogP contribution is -2.42. The summed E-state index contributed by atoms with van der Waals surface area (Å²) in [7, 11) is 0. The standard InChI is InChI=1S/C12H24N2O2/c1-2-6-13-12(16)10-14-7-3-4-11(9-14)5-8-15/h11,15H,2-10H2,1H3,(H,13,16). The van der Waals surface area contributed by atoms with E-state index in [0.717, 1.165) is 38.9 Å². The van der Waals surface area contributed by atoms with Gasteiger partial charge < -0.3 is 10.4 Å². The molecule has 1 heterocycles. The van der Waals surface area contributed by atoms with Crippen molar-refractivity contribution in [3.63, 3.8) is 0 Å². The van der Waals surface area contributed by atoms with E-state index in [-0.39, 0.29) is 12.5 Å². The van der Waals surface area contributed by atoms with Crippen LogP contribution in [0.15, 0.2) is 0 Å². The molecule has 4 nitrogen and oxygen atoms in total. The van der Waals surface area contributed by atoms with Gasteiger partial charge in [0.05, 0.1) is 6.54 Å². The van der Waals surface area contributed by atoms with E-state index in [1.807, 2.05) is 0 Å². The van der Waals surface area contributed by atoms with Crippen LogP contribution >= 0.6 is 0 Å². The van der Waals surface area contributed by atoms with E-state index in [1.165, 1.54) is 6.42 Å². The highest BCUT2D eigenvalue weighted by Gasteiger charge is 2.20. The number of hydrogen-bond donors (Lipinski definition) is 2. The number of hydrogen-bond acceptors (Lipinski definition) is 3. The van der Waals surface area contributed by atoms with Crippen molar-refractivity contribution >= 4 is 5.91 Å². The highest BCUT2D eigenvalue weighted by atomic mass is 16.3. The first-order valence-electron chi connectivity index (χ1n) is 6.36. The fraction of sp³-hybridized carbons (Fsp3) is 0.917. The Hall–Kier alpha value is -0.610. The van der Waals surface area contributed by atoms with Gasteiger partial charge in [0.1, 0.15) is 0 Å². The molecule has 94 valence electrons. The van der Waals surface area contributed by atoms with E-state index >= 15 is 0 Å². The molecule has 1 aliphatic rings. The second kappa shape index (κ2) is 7.63. The van der Waals surface area contributed by atoms with Crippen LogP contribution < -0.4 is 5.32 Å². The fourth-order valence-electron chi connectivity index (χ4n) is 2.24. The van der Waals surface area contributed by atoms with E-state index in [1.54, 1.807) is 0 Å². The van der Waals surface area contributed by atoms with Crippen LogP contribution in [0.2, 0.25) is 0 Å². The zero-order valence-corrected chi connectivity index (χ0v) is 10.2. The van der Waals surface area contributed by atoms with E-state index < -0.39 is 0 Å². The molecule has 0 saturated carbocycles. The minimum atomic E-state index is 0.131. The molecule has 16 heavy (non-hydrogen) atoms. The van der Waals surface area contributed by atoms with E-state index in [2.05, 4.69) is 17.1 Å². The first-order chi connectivity index (χ1) is 7.76. The minimum Gasteiger partial charge on any atom is -0.396 e. The third-order valence-corrected chi connectivity index (χ3v) is 3.08. The van der Waals surface area contributed by atoms with Gasteiger partial charge in [-0.15, -0.1) is 0 Å². The highest BCUT2D eigenvalue weighted by Crippen LogP contribution is 2.18. The molecule has 1 atom stereocenters. The lowest BCUT2D eigenvalue weighted by molar-refractivity contribution is -0.122. The van der Waals surface area contributed by atoms with Gasteiger partial charge in [-0.05, 0) is 38.1 Å². The molecule has 0 aromatic rings. The summed E-state index contributed by atoms with van der Waals surface area (Å²) in [5.74, 6) is 0.698. The summed E-state index contributed by atoms with van der Waals surface area (Å²) in [4.78, 5) is 13.7. The predicted molar refractivity (Wildman–Crippen MR) is 64.2 cm³/mol. The molecule has 0 aliphatic carbocycles. The summed E-state index contributed by atoms with van der Waals surface area (Å²) >= 11 is 0. The summed E-state index contributed by atoms with van der Waals surface area (Å²) in [5, 5.41) is 11.8. The van der Waals surface area contributed by atoms with Crippen LogP contribution in [0.3, 0.4) is 0 Å². The van der Waals surface area contributed by atoms with Gasteiger partial charge in [0.2, 0.25) is 5.91 Å². The summed E-state index contributed by atoms with van der Waals surface area (Å²) < 4.78 is 0. The molecule has 1 fully saturated rings. The summed E-state index contributed by atoms with van der Waals surface area (Å²) in [6, 6.07) is 0. The number of rotatable bonds is 6. The molecule has 2 N–H and O–H groups in total. The number of amides is 1. The van der Waals surface area contributed by atoms with Crippen LogP contribution in [-0.2, 0) is 4.79 Å². The summed E-state index contributed by atoms with van der Waals surface area (Å²) in [6.45, 7) is 5.58. The van der Waals surface area contributed by atoms with Crippen molar-refractivity contribution in [2.24, 2.45) is 5.92 Å². The molecular weight excluding hydrogens is 204 g/mol. The molecule has 0 spiro atoms. The number of aliphatic hydroxyl groups excluding tert-OH is 1. The number of aliphatic hydroxyl groups is 1. The van der Waals surface area contributed by atoms with Gasteiger partial charge in [0.25, 0.3) is 0 Å². The van der Waals surface area contributed by atoms with Crippen molar-refractivity contribution in [3.05, 3.63) is 0 Å². The van der Waals surface area contributed by atoms with Gasteiger partial charge in [-0.1, -0.05) is 6.92 Å². The normalized spacial score (nSPS) is 22.0. The predicted octanol–water partition coefficient (Wildman–Crippen LogP) is 0.607. The van der Waals surface area contributed by atoms with Crippen molar-refractivity contribution in [1.82, 2.24) is 10.2 Å². The Kier molecular flexibility index (Phi) is 6.42. The molecule has 1 unspecified atom stereocenters. The van der Waals surface area contributed by atoms with Crippen LogP contribution in [0.5, 0.6) is 0 Å². The van der Waals surface area contributed by atoms with E-state index in [4.69, 9.17) is 5.11 Å². The number of nitrogens with one attached hydrogen (secondary N) is 1. The highest BCUT2D eigenvalue weighted by molar-refractivity contribution is 5.77. The SMILES string of the molecule is CCCNC(=O)CN1CCCC(CCO)C1. The van der Waals surface area contributed by atoms with Gasteiger partial charge in [0, 0.05) is 19.7 Å². The molecule has 1 aliphatic heterocycles. The Bertz CT molecular complexity index is 207. The summed E-state index contributed by atoms with van der Waals surface area (Å²) in [6.07, 6.45) is 4.19. The third kappa shape index (κ3) is 4.94. The van der Waals surface area contributed by atoms with Crippen LogP contribution in [0.4, 0.5) is 0 Å². The molecule has 0 bridgehead atoms. The molecule has 0 aromatic heterocycles. The summed E-state index contributed by atoms with van der Waals surface area (Å²) in [5.41, 5.74) is 0. The van der Waals surface area contributed by atoms with Gasteiger partial charge in [-0.2, -0.15) is 0 Å². The average molecular weight is 228 g/mol. The average Bonchev–Trinajstić information content (AvgIpc) is 2.27. The van der Waals surface area contributed by atoms with Crippen molar-refractivity contribution in [2.45, 2.75) is 32.6 Å². The molecule has 0 radical (unpaired) electrons. The fourth-order valence-corrected chi connectivity index (χ4v) is 2.24. The topological polar surface area (TPSA) is 52.6 Å². The maximum Gasteiger partial charge on any atom is 0.234 e. The number of nitrogens with zero attached hydrogens (tertiary/aromatic N) is 1. The van der Waals surface area contributed by atoms with Crippen molar-refractivity contribution in [3.8, 4) is 0 Å². The van der Waals surface area contributed by atoms with Crippen LogP contribution in [0.1, 0.15) is 32.6 Å².